The molecule has 8 rings (SSSR count). The monoisotopic (exact) mass is 598 g/mol. The molecule has 2 N–H and O–H groups in total. The minimum Gasteiger partial charge on any atom is -0.507 e. The molecule has 10 heteroatoms. The van der Waals surface area contributed by atoms with Crippen LogP contribution in [0.1, 0.15) is 39.3 Å². The predicted molar refractivity (Wildman–Crippen MR) is 156 cm³/mol. The van der Waals surface area contributed by atoms with Gasteiger partial charge in [0, 0.05) is 17.9 Å². The smallest absolute Gasteiger partial charge is 0.231 e. The molecule has 4 aliphatic heterocycles. The van der Waals surface area contributed by atoms with Gasteiger partial charge in [-0.2, -0.15) is 0 Å². The van der Waals surface area contributed by atoms with E-state index in [0.29, 0.717) is 30.8 Å². The standard InChI is InChI=1S/C20H18O6.C14H12O4/c1-3-15-17(25-9-23-15)5-11(1)19-13-7-22-20(14(13)8-21-19)12-2-4-16-18(6-12)26-10-24-16;1-18-9-6-7-11(13(16)8-9)14(17)10-4-2-3-5-12(10)15/h1-6,13-14,19-20H,7-10H2;2-8,15-16H,1H3. The zero-order valence-electron chi connectivity index (χ0n) is 23.8. The van der Waals surface area contributed by atoms with E-state index in [0.717, 1.165) is 34.1 Å². The number of ketones is 1. The lowest BCUT2D eigenvalue weighted by Crippen LogP contribution is -2.14. The number of para-hydroxylation sites is 1. The molecular weight excluding hydrogens is 568 g/mol. The molecule has 2 saturated heterocycles. The molecule has 4 heterocycles. The summed E-state index contributed by atoms with van der Waals surface area (Å²) >= 11 is 0. The molecule has 4 atom stereocenters. The van der Waals surface area contributed by atoms with Crippen LogP contribution in [0.2, 0.25) is 0 Å². The predicted octanol–water partition coefficient (Wildman–Crippen LogP) is 5.56. The third-order valence-corrected chi connectivity index (χ3v) is 8.31. The lowest BCUT2D eigenvalue weighted by molar-refractivity contribution is 0.0192. The second-order valence-corrected chi connectivity index (χ2v) is 10.8. The summed E-state index contributed by atoms with van der Waals surface area (Å²) in [6.45, 7) is 1.93. The lowest BCUT2D eigenvalue weighted by atomic mass is 9.85. The van der Waals surface area contributed by atoms with E-state index in [1.807, 2.05) is 24.3 Å². The van der Waals surface area contributed by atoms with Gasteiger partial charge in [-0.25, -0.2) is 0 Å². The van der Waals surface area contributed by atoms with Gasteiger partial charge >= 0.3 is 0 Å². The average molecular weight is 599 g/mol. The largest absolute Gasteiger partial charge is 0.507 e. The molecule has 4 aromatic carbocycles. The summed E-state index contributed by atoms with van der Waals surface area (Å²) in [5.41, 5.74) is 2.52. The third kappa shape index (κ3) is 5.12. The van der Waals surface area contributed by atoms with E-state index < -0.39 is 5.78 Å². The molecule has 10 nitrogen and oxygen atoms in total. The maximum atomic E-state index is 12.1. The second kappa shape index (κ2) is 11.6. The maximum Gasteiger partial charge on any atom is 0.231 e. The van der Waals surface area contributed by atoms with Crippen LogP contribution in [-0.4, -0.2) is 49.9 Å². The lowest BCUT2D eigenvalue weighted by Gasteiger charge is -2.17. The molecule has 0 spiro atoms. The highest BCUT2D eigenvalue weighted by Crippen LogP contribution is 2.52. The first kappa shape index (κ1) is 27.9. The van der Waals surface area contributed by atoms with Crippen molar-refractivity contribution in [1.82, 2.24) is 0 Å². The molecule has 44 heavy (non-hydrogen) atoms. The van der Waals surface area contributed by atoms with Gasteiger partial charge in [-0.3, -0.25) is 4.79 Å². The van der Waals surface area contributed by atoms with Crippen LogP contribution < -0.4 is 23.7 Å². The number of carbonyl (C=O) groups is 1. The normalized spacial score (nSPS) is 22.2. The van der Waals surface area contributed by atoms with Crippen molar-refractivity contribution in [3.63, 3.8) is 0 Å². The molecular formula is C34H30O10. The van der Waals surface area contributed by atoms with Crippen molar-refractivity contribution in [2.45, 2.75) is 12.2 Å². The van der Waals surface area contributed by atoms with Crippen LogP contribution in [0.25, 0.3) is 0 Å². The number of carbonyl (C=O) groups excluding carboxylic acids is 1. The number of hydrogen-bond donors (Lipinski definition) is 2. The summed E-state index contributed by atoms with van der Waals surface area (Å²) in [6.07, 6.45) is 0.0435. The fourth-order valence-corrected chi connectivity index (χ4v) is 6.06. The van der Waals surface area contributed by atoms with Gasteiger partial charge in [0.25, 0.3) is 0 Å². The van der Waals surface area contributed by atoms with Crippen molar-refractivity contribution in [3.05, 3.63) is 101 Å². The number of hydrogen-bond acceptors (Lipinski definition) is 10. The van der Waals surface area contributed by atoms with Gasteiger partial charge in [-0.15, -0.1) is 0 Å². The fourth-order valence-electron chi connectivity index (χ4n) is 6.06. The first-order valence-electron chi connectivity index (χ1n) is 14.2. The summed E-state index contributed by atoms with van der Waals surface area (Å²) in [5.74, 6) is 3.56. The molecule has 0 amide bonds. The zero-order valence-corrected chi connectivity index (χ0v) is 23.8. The van der Waals surface area contributed by atoms with E-state index >= 15 is 0 Å². The zero-order chi connectivity index (χ0) is 30.2. The van der Waals surface area contributed by atoms with Gasteiger partial charge in [0.1, 0.15) is 17.2 Å². The highest BCUT2D eigenvalue weighted by Gasteiger charge is 2.48. The van der Waals surface area contributed by atoms with Gasteiger partial charge in [0.15, 0.2) is 28.8 Å². The van der Waals surface area contributed by atoms with Crippen LogP contribution in [0.15, 0.2) is 78.9 Å². The first-order valence-corrected chi connectivity index (χ1v) is 14.2. The Morgan fingerprint density at radius 1 is 0.659 bits per heavy atom. The minimum atomic E-state index is -0.437. The molecule has 0 saturated carbocycles. The Balaban J connectivity index is 0.000000153. The Hall–Kier alpha value is -4.93. The van der Waals surface area contributed by atoms with Gasteiger partial charge in [0.05, 0.1) is 43.7 Å². The second-order valence-electron chi connectivity index (χ2n) is 10.8. The van der Waals surface area contributed by atoms with Gasteiger partial charge < -0.3 is 43.4 Å². The third-order valence-electron chi connectivity index (χ3n) is 8.31. The van der Waals surface area contributed by atoms with Crippen molar-refractivity contribution in [1.29, 1.82) is 0 Å². The van der Waals surface area contributed by atoms with Crippen molar-refractivity contribution in [2.24, 2.45) is 11.8 Å². The highest BCUT2D eigenvalue weighted by atomic mass is 16.7. The molecule has 0 aliphatic carbocycles. The van der Waals surface area contributed by atoms with E-state index in [4.69, 9.17) is 33.2 Å². The van der Waals surface area contributed by atoms with Crippen molar-refractivity contribution in [3.8, 4) is 40.2 Å². The van der Waals surface area contributed by atoms with E-state index in [9.17, 15) is 15.0 Å². The Labute approximate surface area is 253 Å². The summed E-state index contributed by atoms with van der Waals surface area (Å²) in [7, 11) is 1.47. The van der Waals surface area contributed by atoms with E-state index in [-0.39, 0.29) is 48.4 Å². The molecule has 4 aliphatic rings. The van der Waals surface area contributed by atoms with Gasteiger partial charge in [-0.05, 0) is 59.7 Å². The van der Waals surface area contributed by atoms with Gasteiger partial charge in [0.2, 0.25) is 13.6 Å². The number of benzene rings is 4. The number of aromatic hydroxyl groups is 2. The Kier molecular flexibility index (Phi) is 7.37. The summed E-state index contributed by atoms with van der Waals surface area (Å²) in [5, 5.41) is 19.4. The average Bonchev–Trinajstić information content (AvgIpc) is 3.85. The van der Waals surface area contributed by atoms with E-state index in [2.05, 4.69) is 12.1 Å². The first-order chi connectivity index (χ1) is 21.5. The number of rotatable bonds is 5. The number of methoxy groups -OCH3 is 1. The fraction of sp³-hybridized carbons (Fsp3) is 0.265. The number of ether oxygens (including phenoxy) is 7. The van der Waals surface area contributed by atoms with Crippen LogP contribution in [-0.2, 0) is 9.47 Å². The molecule has 0 radical (unpaired) electrons. The van der Waals surface area contributed by atoms with Crippen molar-refractivity contribution in [2.75, 3.05) is 33.9 Å². The topological polar surface area (TPSA) is 122 Å². The molecule has 0 bridgehead atoms. The Morgan fingerprint density at radius 2 is 1.20 bits per heavy atom. The molecule has 226 valence electrons. The van der Waals surface area contributed by atoms with Crippen molar-refractivity contribution < 1.29 is 48.2 Å². The van der Waals surface area contributed by atoms with Gasteiger partial charge in [-0.1, -0.05) is 24.3 Å². The molecule has 4 unspecified atom stereocenters. The molecule has 2 fully saturated rings. The number of phenols is 2. The van der Waals surface area contributed by atoms with Crippen LogP contribution in [0.5, 0.6) is 40.2 Å². The molecule has 4 aromatic rings. The number of phenolic OH excluding ortho intramolecular Hbond substituents is 2. The van der Waals surface area contributed by atoms with Crippen molar-refractivity contribution >= 4 is 5.78 Å². The van der Waals surface area contributed by atoms with Crippen LogP contribution >= 0.6 is 0 Å². The summed E-state index contributed by atoms with van der Waals surface area (Å²) in [4.78, 5) is 12.1. The van der Waals surface area contributed by atoms with Crippen LogP contribution in [0.4, 0.5) is 0 Å². The molecule has 0 aromatic heterocycles. The quantitative estimate of drug-likeness (QED) is 0.283. The Morgan fingerprint density at radius 3 is 1.75 bits per heavy atom. The van der Waals surface area contributed by atoms with E-state index in [1.165, 1.54) is 31.4 Å². The summed E-state index contributed by atoms with van der Waals surface area (Å²) in [6, 6.07) is 22.7. The summed E-state index contributed by atoms with van der Waals surface area (Å²) < 4.78 is 39.1. The minimum absolute atomic E-state index is 0.0218. The Bertz CT molecular complexity index is 1630. The SMILES string of the molecule is COc1ccc(C(=O)c2ccccc2O)c(O)c1.c1cc2c(cc1C1OCC3C(c4ccc5c(c4)OCO5)OCC13)OCO2. The highest BCUT2D eigenvalue weighted by molar-refractivity contribution is 6.12. The number of fused-ring (bicyclic) bond motifs is 3. The van der Waals surface area contributed by atoms with Crippen LogP contribution in [0, 0.1) is 11.8 Å². The maximum absolute atomic E-state index is 12.1. The van der Waals surface area contributed by atoms with E-state index in [1.54, 1.807) is 18.2 Å². The van der Waals surface area contributed by atoms with Crippen LogP contribution in [0.3, 0.4) is 0 Å².